The third-order valence-corrected chi connectivity index (χ3v) is 4.55. The van der Waals surface area contributed by atoms with Gasteiger partial charge < -0.3 is 19.9 Å². The molecule has 1 saturated carbocycles. The van der Waals surface area contributed by atoms with Gasteiger partial charge in [0, 0.05) is 21.7 Å². The molecule has 1 aromatic rings. The number of benzene rings is 1. The van der Waals surface area contributed by atoms with Crippen LogP contribution in [0.15, 0.2) is 24.3 Å². The minimum atomic E-state index is 0. The van der Waals surface area contributed by atoms with E-state index in [0.717, 1.165) is 45.1 Å². The fourth-order valence-electron chi connectivity index (χ4n) is 2.14. The average Bonchev–Trinajstić information content (AvgIpc) is 3.51. The molecule has 0 saturated heterocycles. The molecule has 0 aliphatic heterocycles. The topological polar surface area (TPSA) is 50.7 Å². The molecule has 0 atom stereocenters. The van der Waals surface area contributed by atoms with E-state index in [9.17, 15) is 0 Å². The zero-order valence-electron chi connectivity index (χ0n) is 18.5. The first-order valence-corrected chi connectivity index (χ1v) is 10.4. The van der Waals surface area contributed by atoms with Crippen molar-refractivity contribution in [1.29, 1.82) is 0 Å². The maximum Gasteiger partial charge on any atom is 0.119 e. The zero-order chi connectivity index (χ0) is 20.5. The quantitative estimate of drug-likeness (QED) is 0.510. The summed E-state index contributed by atoms with van der Waals surface area (Å²) in [5.74, 6) is 1.83. The van der Waals surface area contributed by atoms with Gasteiger partial charge in [0.1, 0.15) is 5.75 Å². The molecule has 1 fully saturated rings. The van der Waals surface area contributed by atoms with E-state index < -0.39 is 0 Å². The van der Waals surface area contributed by atoms with Gasteiger partial charge in [0.05, 0.1) is 13.2 Å². The van der Waals surface area contributed by atoms with Crippen LogP contribution in [0.2, 0.25) is 0 Å². The lowest BCUT2D eigenvalue weighted by Gasteiger charge is -2.21. The van der Waals surface area contributed by atoms with Crippen LogP contribution < -0.4 is 10.1 Å². The highest BCUT2D eigenvalue weighted by Crippen LogP contribution is 2.29. The van der Waals surface area contributed by atoms with E-state index in [1.807, 2.05) is 13.1 Å². The maximum atomic E-state index is 7.00. The molecule has 4 nitrogen and oxygen atoms in total. The number of rotatable bonds is 11. The van der Waals surface area contributed by atoms with E-state index >= 15 is 0 Å². The third kappa shape index (κ3) is 14.6. The first kappa shape index (κ1) is 25.9. The van der Waals surface area contributed by atoms with E-state index in [2.05, 4.69) is 51.2 Å². The Balaban J connectivity index is 0. The van der Waals surface area contributed by atoms with Crippen molar-refractivity contribution < 1.29 is 16.0 Å². The highest BCUT2D eigenvalue weighted by Gasteiger charge is 2.21. The molecule has 0 radical (unpaired) electrons. The van der Waals surface area contributed by atoms with Crippen LogP contribution in [0.1, 0.15) is 66.8 Å². The number of ether oxygens (including phenoxy) is 2. The largest absolute Gasteiger partial charge is 0.493 e. The normalized spacial score (nSPS) is 13.1. The summed E-state index contributed by atoms with van der Waals surface area (Å²) in [5.41, 5.74) is 1.65. The summed E-state index contributed by atoms with van der Waals surface area (Å²) >= 11 is 0. The minimum Gasteiger partial charge on any atom is -0.493 e. The first-order chi connectivity index (χ1) is 13.0. The van der Waals surface area contributed by atoms with E-state index in [4.69, 9.17) is 14.6 Å². The number of unbranched alkanes of at least 4 members (excludes halogenated alkanes) is 1. The number of nitrogens with one attached hydrogen (secondary N) is 1. The molecule has 0 spiro atoms. The van der Waals surface area contributed by atoms with Crippen LogP contribution in [-0.4, -0.2) is 39.1 Å². The molecule has 160 valence electrons. The number of hydrogen-bond acceptors (Lipinski definition) is 4. The highest BCUT2D eigenvalue weighted by atomic mass is 16.5. The van der Waals surface area contributed by atoms with Gasteiger partial charge in [-0.25, -0.2) is 0 Å². The molecule has 2 rings (SSSR count). The van der Waals surface area contributed by atoms with Crippen molar-refractivity contribution in [2.24, 2.45) is 11.3 Å². The molecule has 27 heavy (non-hydrogen) atoms. The van der Waals surface area contributed by atoms with Crippen LogP contribution in [0.5, 0.6) is 5.75 Å². The second-order valence-corrected chi connectivity index (χ2v) is 7.86. The Kier molecular flexibility index (Phi) is 15.3. The Hall–Kier alpha value is -1.10. The van der Waals surface area contributed by atoms with Gasteiger partial charge in [-0.1, -0.05) is 46.2 Å². The van der Waals surface area contributed by atoms with E-state index in [1.54, 1.807) is 0 Å². The molecule has 1 aromatic carbocycles. The van der Waals surface area contributed by atoms with Gasteiger partial charge in [-0.15, -0.1) is 0 Å². The second-order valence-electron chi connectivity index (χ2n) is 7.86. The molecule has 0 heterocycles. The van der Waals surface area contributed by atoms with Crippen molar-refractivity contribution in [1.82, 2.24) is 5.32 Å². The molecule has 1 aliphatic carbocycles. The Labute approximate surface area is 169 Å². The minimum absolute atomic E-state index is 0. The van der Waals surface area contributed by atoms with Gasteiger partial charge >= 0.3 is 0 Å². The average molecular weight is 384 g/mol. The van der Waals surface area contributed by atoms with Crippen LogP contribution in [0.3, 0.4) is 0 Å². The summed E-state index contributed by atoms with van der Waals surface area (Å²) in [7, 11) is 2.96. The number of aliphatic hydroxyl groups excluding tert-OH is 1. The summed E-state index contributed by atoms with van der Waals surface area (Å²) in [6, 6.07) is 8.30. The highest BCUT2D eigenvalue weighted by molar-refractivity contribution is 5.28. The van der Waals surface area contributed by atoms with Crippen molar-refractivity contribution >= 4 is 0 Å². The van der Waals surface area contributed by atoms with Crippen LogP contribution in [-0.2, 0) is 11.3 Å². The molecular weight excluding hydrogens is 338 g/mol. The van der Waals surface area contributed by atoms with Crippen LogP contribution in [0.25, 0.3) is 0 Å². The van der Waals surface area contributed by atoms with E-state index in [0.29, 0.717) is 5.41 Å². The molecule has 4 heteroatoms. The van der Waals surface area contributed by atoms with Crippen LogP contribution in [0.4, 0.5) is 0 Å². The van der Waals surface area contributed by atoms with Gasteiger partial charge in [0.2, 0.25) is 0 Å². The standard InChI is InChI=1S/C12H17NO.C10H22O.CH4O.H2/c1-13-8-11-3-2-4-12(7-11)14-9-10-5-6-10;1-5-7-8-11-9-10(3,4)6-2;1-2;/h2-4,7,10,13H,5-6,8-9H2,1H3;5-9H2,1-4H3;2H,1H3;1H. The second kappa shape index (κ2) is 15.9. The predicted octanol–water partition coefficient (Wildman–Crippen LogP) is 5.29. The number of hydrogen-bond donors (Lipinski definition) is 2. The number of aliphatic hydroxyl groups is 1. The monoisotopic (exact) mass is 383 g/mol. The summed E-state index contributed by atoms with van der Waals surface area (Å²) in [4.78, 5) is 0. The summed E-state index contributed by atoms with van der Waals surface area (Å²) in [6.45, 7) is 12.5. The predicted molar refractivity (Wildman–Crippen MR) is 117 cm³/mol. The van der Waals surface area contributed by atoms with E-state index in [-0.39, 0.29) is 1.43 Å². The first-order valence-electron chi connectivity index (χ1n) is 10.4. The van der Waals surface area contributed by atoms with Gasteiger partial charge in [-0.3, -0.25) is 0 Å². The van der Waals surface area contributed by atoms with Crippen LogP contribution >= 0.6 is 0 Å². The Bertz CT molecular complexity index is 465. The smallest absolute Gasteiger partial charge is 0.119 e. The maximum absolute atomic E-state index is 7.00. The Morgan fingerprint density at radius 3 is 2.48 bits per heavy atom. The SMILES string of the molecule is CCCCOCC(C)(C)CC.CNCc1cccc(OCC2CC2)c1.CO.[HH]. The van der Waals surface area contributed by atoms with Gasteiger partial charge in [0.25, 0.3) is 0 Å². The molecule has 0 aromatic heterocycles. The van der Waals surface area contributed by atoms with Crippen LogP contribution in [0, 0.1) is 11.3 Å². The molecule has 2 N–H and O–H groups in total. The van der Waals surface area contributed by atoms with Crippen molar-refractivity contribution in [3.05, 3.63) is 29.8 Å². The van der Waals surface area contributed by atoms with E-state index in [1.165, 1.54) is 37.7 Å². The molecule has 0 unspecified atom stereocenters. The van der Waals surface area contributed by atoms with Gasteiger partial charge in [-0.2, -0.15) is 0 Å². The summed E-state index contributed by atoms with van der Waals surface area (Å²) in [6.07, 6.45) is 6.30. The third-order valence-electron chi connectivity index (χ3n) is 4.55. The van der Waals surface area contributed by atoms with Gasteiger partial charge in [0.15, 0.2) is 0 Å². The Morgan fingerprint density at radius 1 is 1.22 bits per heavy atom. The fraction of sp³-hybridized carbons (Fsp3) is 0.739. The van der Waals surface area contributed by atoms with Crippen molar-refractivity contribution in [2.75, 3.05) is 34.0 Å². The summed E-state index contributed by atoms with van der Waals surface area (Å²) in [5, 5.41) is 10.1. The van der Waals surface area contributed by atoms with Crippen molar-refractivity contribution in [3.8, 4) is 5.75 Å². The van der Waals surface area contributed by atoms with Crippen molar-refractivity contribution in [3.63, 3.8) is 0 Å². The lowest BCUT2D eigenvalue weighted by atomic mass is 9.92. The molecule has 0 bridgehead atoms. The summed E-state index contributed by atoms with van der Waals surface area (Å²) < 4.78 is 11.2. The molecule has 1 aliphatic rings. The lowest BCUT2D eigenvalue weighted by molar-refractivity contribution is 0.0587. The Morgan fingerprint density at radius 2 is 1.93 bits per heavy atom. The zero-order valence-corrected chi connectivity index (χ0v) is 18.5. The molecule has 0 amide bonds. The lowest BCUT2D eigenvalue weighted by Crippen LogP contribution is -2.18. The molecular formula is C23H45NO3. The fourth-order valence-corrected chi connectivity index (χ4v) is 2.14. The van der Waals surface area contributed by atoms with Crippen molar-refractivity contribution in [2.45, 2.75) is 66.3 Å². The van der Waals surface area contributed by atoms with Gasteiger partial charge in [-0.05, 0) is 61.8 Å².